The lowest BCUT2D eigenvalue weighted by Gasteiger charge is -2.04. The van der Waals surface area contributed by atoms with Crippen molar-refractivity contribution in [3.05, 3.63) is 46.4 Å². The molecule has 2 rings (SSSR count). The molecule has 96 valence electrons. The minimum atomic E-state index is 0.851. The quantitative estimate of drug-likeness (QED) is 0.595. The lowest BCUT2D eigenvalue weighted by molar-refractivity contribution is 0.646. The van der Waals surface area contributed by atoms with Crippen molar-refractivity contribution >= 4 is 17.0 Å². The minimum Gasteiger partial charge on any atom is -0.399 e. The van der Waals surface area contributed by atoms with Gasteiger partial charge in [0.1, 0.15) is 0 Å². The number of hydrogen-bond donors (Lipinski definition) is 2. The average Bonchev–Trinajstić information content (AvgIpc) is 2.87. The summed E-state index contributed by atoms with van der Waals surface area (Å²) in [5, 5.41) is 6.67. The van der Waals surface area contributed by atoms with Crippen molar-refractivity contribution < 1.29 is 0 Å². The van der Waals surface area contributed by atoms with Gasteiger partial charge in [-0.1, -0.05) is 12.1 Å². The Morgan fingerprint density at radius 2 is 2.17 bits per heavy atom. The lowest BCUT2D eigenvalue weighted by Crippen LogP contribution is -2.18. The van der Waals surface area contributed by atoms with Gasteiger partial charge in [-0.2, -0.15) is 0 Å². The fraction of sp³-hybridized carbons (Fsp3) is 0.357. The molecule has 3 N–H and O–H groups in total. The fourth-order valence-electron chi connectivity index (χ4n) is 1.86. The molecule has 0 bridgehead atoms. The topological polar surface area (TPSA) is 50.9 Å². The van der Waals surface area contributed by atoms with E-state index in [1.807, 2.05) is 23.7 Å². The summed E-state index contributed by atoms with van der Waals surface area (Å²) in [7, 11) is 0. The minimum absolute atomic E-state index is 0.851. The van der Waals surface area contributed by atoms with Gasteiger partial charge >= 0.3 is 0 Å². The van der Waals surface area contributed by atoms with Crippen LogP contribution in [-0.2, 0) is 12.8 Å². The first-order valence-electron chi connectivity index (χ1n) is 6.28. The number of hydrogen-bond acceptors (Lipinski definition) is 4. The third-order valence-corrected chi connectivity index (χ3v) is 3.61. The molecule has 0 unspecified atom stereocenters. The number of anilines is 1. The number of nitrogens with one attached hydrogen (secondary N) is 1. The molecule has 0 spiro atoms. The monoisotopic (exact) mass is 261 g/mol. The summed E-state index contributed by atoms with van der Waals surface area (Å²) in [4.78, 5) is 4.26. The highest BCUT2D eigenvalue weighted by molar-refractivity contribution is 7.09. The molecule has 2 aromatic rings. The van der Waals surface area contributed by atoms with Gasteiger partial charge in [-0.15, -0.1) is 11.3 Å². The van der Waals surface area contributed by atoms with Crippen LogP contribution in [0.4, 0.5) is 5.69 Å². The predicted molar refractivity (Wildman–Crippen MR) is 77.9 cm³/mol. The standard InChI is InChI=1S/C14H19N3S/c15-13-5-1-3-12(11-13)4-2-7-16-8-6-14-17-9-10-18-14/h1,3,5,9-11,16H,2,4,6-8,15H2. The first-order valence-corrected chi connectivity index (χ1v) is 7.16. The molecule has 0 aliphatic carbocycles. The summed E-state index contributed by atoms with van der Waals surface area (Å²) >= 11 is 1.72. The Kier molecular flexibility index (Phi) is 5.17. The van der Waals surface area contributed by atoms with Gasteiger partial charge in [-0.05, 0) is 37.1 Å². The highest BCUT2D eigenvalue weighted by Gasteiger charge is 1.96. The molecular weight excluding hydrogens is 242 g/mol. The zero-order valence-corrected chi connectivity index (χ0v) is 11.2. The molecule has 0 saturated carbocycles. The van der Waals surface area contributed by atoms with Gasteiger partial charge in [0.15, 0.2) is 0 Å². The van der Waals surface area contributed by atoms with Crippen molar-refractivity contribution in [1.29, 1.82) is 0 Å². The van der Waals surface area contributed by atoms with E-state index in [0.717, 1.165) is 38.0 Å². The number of rotatable bonds is 7. The summed E-state index contributed by atoms with van der Waals surface area (Å²) in [6.45, 7) is 2.05. The molecule has 1 aromatic heterocycles. The van der Waals surface area contributed by atoms with E-state index in [4.69, 9.17) is 5.73 Å². The molecule has 3 nitrogen and oxygen atoms in total. The normalized spacial score (nSPS) is 10.7. The van der Waals surface area contributed by atoms with Gasteiger partial charge in [-0.3, -0.25) is 0 Å². The third-order valence-electron chi connectivity index (χ3n) is 2.77. The molecule has 0 radical (unpaired) electrons. The molecule has 0 aliphatic rings. The summed E-state index contributed by atoms with van der Waals surface area (Å²) in [6.07, 6.45) is 5.10. The molecule has 0 saturated heterocycles. The molecule has 0 aliphatic heterocycles. The Morgan fingerprint density at radius 1 is 1.22 bits per heavy atom. The highest BCUT2D eigenvalue weighted by atomic mass is 32.1. The van der Waals surface area contributed by atoms with Crippen LogP contribution in [-0.4, -0.2) is 18.1 Å². The zero-order chi connectivity index (χ0) is 12.6. The van der Waals surface area contributed by atoms with Gasteiger partial charge < -0.3 is 11.1 Å². The first kappa shape index (κ1) is 13.1. The second kappa shape index (κ2) is 7.13. The lowest BCUT2D eigenvalue weighted by atomic mass is 10.1. The molecule has 18 heavy (non-hydrogen) atoms. The van der Waals surface area contributed by atoms with E-state index in [1.165, 1.54) is 10.6 Å². The summed E-state index contributed by atoms with van der Waals surface area (Å²) in [5.74, 6) is 0. The van der Waals surface area contributed by atoms with E-state index in [2.05, 4.69) is 22.4 Å². The molecule has 1 heterocycles. The van der Waals surface area contributed by atoms with Crippen molar-refractivity contribution in [2.45, 2.75) is 19.3 Å². The maximum Gasteiger partial charge on any atom is 0.0937 e. The van der Waals surface area contributed by atoms with Crippen LogP contribution in [0.3, 0.4) is 0 Å². The highest BCUT2D eigenvalue weighted by Crippen LogP contribution is 2.08. The predicted octanol–water partition coefficient (Wildman–Crippen LogP) is 2.49. The SMILES string of the molecule is Nc1cccc(CCCNCCc2nccs2)c1. The van der Waals surface area contributed by atoms with Crippen LogP contribution in [0.5, 0.6) is 0 Å². The van der Waals surface area contributed by atoms with Gasteiger partial charge in [-0.25, -0.2) is 4.98 Å². The van der Waals surface area contributed by atoms with Crippen LogP contribution in [0.2, 0.25) is 0 Å². The van der Waals surface area contributed by atoms with E-state index in [-0.39, 0.29) is 0 Å². The van der Waals surface area contributed by atoms with E-state index in [9.17, 15) is 0 Å². The second-order valence-electron chi connectivity index (χ2n) is 4.27. The third kappa shape index (κ3) is 4.47. The van der Waals surface area contributed by atoms with E-state index < -0.39 is 0 Å². The van der Waals surface area contributed by atoms with Gasteiger partial charge in [0.2, 0.25) is 0 Å². The van der Waals surface area contributed by atoms with Crippen LogP contribution >= 0.6 is 11.3 Å². The van der Waals surface area contributed by atoms with E-state index in [0.29, 0.717) is 0 Å². The maximum absolute atomic E-state index is 5.74. The Morgan fingerprint density at radius 3 is 2.94 bits per heavy atom. The van der Waals surface area contributed by atoms with Crippen LogP contribution in [0.25, 0.3) is 0 Å². The number of nitrogens with two attached hydrogens (primary N) is 1. The molecular formula is C14H19N3S. The second-order valence-corrected chi connectivity index (χ2v) is 5.25. The Bertz CT molecular complexity index is 454. The van der Waals surface area contributed by atoms with Crippen molar-refractivity contribution in [2.75, 3.05) is 18.8 Å². The zero-order valence-electron chi connectivity index (χ0n) is 10.4. The largest absolute Gasteiger partial charge is 0.399 e. The van der Waals surface area contributed by atoms with Gasteiger partial charge in [0.25, 0.3) is 0 Å². The molecule has 0 atom stereocenters. The number of aryl methyl sites for hydroxylation is 1. The summed E-state index contributed by atoms with van der Waals surface area (Å²) in [5.41, 5.74) is 7.91. The number of aromatic nitrogens is 1. The molecule has 0 amide bonds. The van der Waals surface area contributed by atoms with E-state index >= 15 is 0 Å². The van der Waals surface area contributed by atoms with Crippen molar-refractivity contribution in [3.8, 4) is 0 Å². The van der Waals surface area contributed by atoms with Gasteiger partial charge in [0, 0.05) is 30.2 Å². The van der Waals surface area contributed by atoms with Crippen molar-refractivity contribution in [2.24, 2.45) is 0 Å². The average molecular weight is 261 g/mol. The van der Waals surface area contributed by atoms with Crippen LogP contribution in [0.15, 0.2) is 35.8 Å². The van der Waals surface area contributed by atoms with Crippen molar-refractivity contribution in [3.63, 3.8) is 0 Å². The molecule has 1 aromatic carbocycles. The summed E-state index contributed by atoms with van der Waals surface area (Å²) in [6, 6.07) is 8.12. The smallest absolute Gasteiger partial charge is 0.0937 e. The maximum atomic E-state index is 5.74. The number of benzene rings is 1. The van der Waals surface area contributed by atoms with Gasteiger partial charge in [0.05, 0.1) is 5.01 Å². The van der Waals surface area contributed by atoms with E-state index in [1.54, 1.807) is 11.3 Å². The Balaban J connectivity index is 1.56. The number of nitrogen functional groups attached to an aromatic ring is 1. The Labute approximate surface area is 112 Å². The number of thiazole rings is 1. The first-order chi connectivity index (χ1) is 8.84. The van der Waals surface area contributed by atoms with Crippen LogP contribution < -0.4 is 11.1 Å². The molecule has 4 heteroatoms. The van der Waals surface area contributed by atoms with Crippen molar-refractivity contribution in [1.82, 2.24) is 10.3 Å². The molecule has 0 fully saturated rings. The fourth-order valence-corrected chi connectivity index (χ4v) is 2.48. The van der Waals surface area contributed by atoms with Crippen LogP contribution in [0.1, 0.15) is 17.0 Å². The summed E-state index contributed by atoms with van der Waals surface area (Å²) < 4.78 is 0. The number of nitrogens with zero attached hydrogens (tertiary/aromatic N) is 1. The Hall–Kier alpha value is -1.39. The van der Waals surface area contributed by atoms with Crippen LogP contribution in [0, 0.1) is 0 Å².